The van der Waals surface area contributed by atoms with E-state index in [9.17, 15) is 0 Å². The third-order valence-corrected chi connectivity index (χ3v) is 1.99. The second-order valence-corrected chi connectivity index (χ2v) is 3.40. The van der Waals surface area contributed by atoms with E-state index in [1.54, 1.807) is 5.92 Å². The highest BCUT2D eigenvalue weighted by atomic mass is 14.1. The molecule has 0 aliphatic heterocycles. The lowest BCUT2D eigenvalue weighted by molar-refractivity contribution is 0.783. The Balaban J connectivity index is 4.07. The zero-order valence-electron chi connectivity index (χ0n) is 8.57. The van der Waals surface area contributed by atoms with Crippen LogP contribution in [0.2, 0.25) is 0 Å². The van der Waals surface area contributed by atoms with Gasteiger partial charge in [0, 0.05) is 0 Å². The van der Waals surface area contributed by atoms with Crippen LogP contribution in [0.25, 0.3) is 0 Å². The first kappa shape index (κ1) is 10.7. The minimum Gasteiger partial charge on any atom is -0.0824 e. The quantitative estimate of drug-likeness (QED) is 0.573. The summed E-state index contributed by atoms with van der Waals surface area (Å²) in [5.41, 5.74) is 1.49. The molecule has 0 unspecified atom stereocenters. The van der Waals surface area contributed by atoms with Crippen molar-refractivity contribution in [2.75, 3.05) is 0 Å². The van der Waals surface area contributed by atoms with E-state index >= 15 is 0 Å². The fraction of sp³-hybridized carbons (Fsp3) is 0.727. The SMILES string of the molecule is CC[C](CC)C(C)=CC(C)C. The molecule has 0 aliphatic rings. The van der Waals surface area contributed by atoms with Gasteiger partial charge in [-0.05, 0) is 31.6 Å². The maximum atomic E-state index is 2.35. The molecule has 0 N–H and O–H groups in total. The molecule has 0 heterocycles. The molecule has 0 atom stereocenters. The summed E-state index contributed by atoms with van der Waals surface area (Å²) in [6.45, 7) is 11.1. The van der Waals surface area contributed by atoms with E-state index in [-0.39, 0.29) is 0 Å². The minimum atomic E-state index is 0.683. The van der Waals surface area contributed by atoms with Gasteiger partial charge in [0.1, 0.15) is 0 Å². The fourth-order valence-electron chi connectivity index (χ4n) is 1.43. The van der Waals surface area contributed by atoms with Gasteiger partial charge >= 0.3 is 0 Å². The van der Waals surface area contributed by atoms with Crippen LogP contribution in [0.3, 0.4) is 0 Å². The molecule has 0 amide bonds. The molecule has 0 nitrogen and oxygen atoms in total. The van der Waals surface area contributed by atoms with Crippen LogP contribution in [0.4, 0.5) is 0 Å². The highest BCUT2D eigenvalue weighted by Crippen LogP contribution is 2.21. The van der Waals surface area contributed by atoms with Crippen LogP contribution in [-0.4, -0.2) is 0 Å². The third kappa shape index (κ3) is 4.23. The Morgan fingerprint density at radius 3 is 1.91 bits per heavy atom. The molecule has 1 radical (unpaired) electrons. The van der Waals surface area contributed by atoms with Gasteiger partial charge in [0.25, 0.3) is 0 Å². The Bertz CT molecular complexity index is 116. The van der Waals surface area contributed by atoms with E-state index in [0.29, 0.717) is 5.92 Å². The molecule has 0 fully saturated rings. The Hall–Kier alpha value is -0.260. The molecule has 0 rings (SSSR count). The van der Waals surface area contributed by atoms with Crippen LogP contribution in [0.5, 0.6) is 0 Å². The maximum Gasteiger partial charge on any atom is -0.000276 e. The second kappa shape index (κ2) is 5.40. The molecule has 0 saturated heterocycles. The van der Waals surface area contributed by atoms with Gasteiger partial charge in [-0.15, -0.1) is 0 Å². The Morgan fingerprint density at radius 1 is 1.18 bits per heavy atom. The normalized spacial score (nSPS) is 13.2. The summed E-state index contributed by atoms with van der Waals surface area (Å²) in [4.78, 5) is 0. The molecule has 0 saturated carbocycles. The Labute approximate surface area is 71.7 Å². The van der Waals surface area contributed by atoms with Crippen molar-refractivity contribution in [1.82, 2.24) is 0 Å². The highest BCUT2D eigenvalue weighted by molar-refractivity contribution is 5.21. The van der Waals surface area contributed by atoms with Crippen LogP contribution in [0, 0.1) is 11.8 Å². The largest absolute Gasteiger partial charge is 0.0824 e. The Morgan fingerprint density at radius 2 is 1.64 bits per heavy atom. The van der Waals surface area contributed by atoms with Gasteiger partial charge in [-0.1, -0.05) is 39.3 Å². The van der Waals surface area contributed by atoms with E-state index in [1.807, 2.05) is 0 Å². The van der Waals surface area contributed by atoms with Crippen LogP contribution in [-0.2, 0) is 0 Å². The van der Waals surface area contributed by atoms with Gasteiger partial charge < -0.3 is 0 Å². The van der Waals surface area contributed by atoms with Crippen molar-refractivity contribution in [3.8, 4) is 0 Å². The standard InChI is InChI=1S/C11H21/c1-6-11(7-2)10(5)8-9(3)4/h8-9H,6-7H2,1-5H3. The second-order valence-electron chi connectivity index (χ2n) is 3.40. The molecule has 0 aromatic carbocycles. The highest BCUT2D eigenvalue weighted by Gasteiger charge is 2.05. The van der Waals surface area contributed by atoms with Crippen molar-refractivity contribution < 1.29 is 0 Å². The first-order chi connectivity index (χ1) is 5.11. The summed E-state index contributed by atoms with van der Waals surface area (Å²) < 4.78 is 0. The van der Waals surface area contributed by atoms with Crippen molar-refractivity contribution in [1.29, 1.82) is 0 Å². The van der Waals surface area contributed by atoms with E-state index in [4.69, 9.17) is 0 Å². The van der Waals surface area contributed by atoms with Crippen LogP contribution in [0.1, 0.15) is 47.5 Å². The lowest BCUT2D eigenvalue weighted by Gasteiger charge is -2.13. The lowest BCUT2D eigenvalue weighted by atomic mass is 9.93. The van der Waals surface area contributed by atoms with Crippen molar-refractivity contribution in [2.45, 2.75) is 47.5 Å². The van der Waals surface area contributed by atoms with Crippen LogP contribution >= 0.6 is 0 Å². The van der Waals surface area contributed by atoms with E-state index < -0.39 is 0 Å². The molecule has 11 heavy (non-hydrogen) atoms. The lowest BCUT2D eigenvalue weighted by Crippen LogP contribution is -1.97. The smallest absolute Gasteiger partial charge is 0.000276 e. The van der Waals surface area contributed by atoms with Gasteiger partial charge in [0.15, 0.2) is 0 Å². The third-order valence-electron chi connectivity index (χ3n) is 1.99. The fourth-order valence-corrected chi connectivity index (χ4v) is 1.43. The summed E-state index contributed by atoms with van der Waals surface area (Å²) in [6, 6.07) is 0. The van der Waals surface area contributed by atoms with Crippen LogP contribution in [0.15, 0.2) is 11.6 Å². The number of allylic oxidation sites excluding steroid dienone is 2. The topological polar surface area (TPSA) is 0 Å². The summed E-state index contributed by atoms with van der Waals surface area (Å²) in [5.74, 6) is 2.28. The molecular formula is C11H21. The van der Waals surface area contributed by atoms with Crippen molar-refractivity contribution in [3.05, 3.63) is 17.6 Å². The molecule has 0 heteroatoms. The van der Waals surface area contributed by atoms with E-state index in [2.05, 4.69) is 40.7 Å². The zero-order chi connectivity index (χ0) is 8.85. The van der Waals surface area contributed by atoms with Gasteiger partial charge in [-0.2, -0.15) is 0 Å². The average Bonchev–Trinajstić information content (AvgIpc) is 1.88. The predicted octanol–water partition coefficient (Wildman–Crippen LogP) is 3.98. The van der Waals surface area contributed by atoms with E-state index in [0.717, 1.165) is 0 Å². The molecule has 0 aromatic heterocycles. The van der Waals surface area contributed by atoms with Crippen LogP contribution < -0.4 is 0 Å². The first-order valence-corrected chi connectivity index (χ1v) is 4.65. The summed E-state index contributed by atoms with van der Waals surface area (Å²) in [6.07, 6.45) is 4.75. The van der Waals surface area contributed by atoms with Gasteiger partial charge in [0.05, 0.1) is 0 Å². The van der Waals surface area contributed by atoms with Crippen molar-refractivity contribution >= 4 is 0 Å². The zero-order valence-corrected chi connectivity index (χ0v) is 8.57. The van der Waals surface area contributed by atoms with Gasteiger partial charge in [-0.25, -0.2) is 0 Å². The average molecular weight is 153 g/mol. The van der Waals surface area contributed by atoms with Crippen molar-refractivity contribution in [3.63, 3.8) is 0 Å². The molecule has 65 valence electrons. The summed E-state index contributed by atoms with van der Waals surface area (Å²) >= 11 is 0. The monoisotopic (exact) mass is 153 g/mol. The predicted molar refractivity (Wildman–Crippen MR) is 52.4 cm³/mol. The minimum absolute atomic E-state index is 0.683. The number of rotatable bonds is 4. The summed E-state index contributed by atoms with van der Waals surface area (Å²) in [5, 5.41) is 0. The first-order valence-electron chi connectivity index (χ1n) is 4.65. The molecule has 0 aliphatic carbocycles. The molecule has 0 aromatic rings. The number of hydrogen-bond acceptors (Lipinski definition) is 0. The summed E-state index contributed by atoms with van der Waals surface area (Å²) in [7, 11) is 0. The number of hydrogen-bond donors (Lipinski definition) is 0. The van der Waals surface area contributed by atoms with Gasteiger partial charge in [0.2, 0.25) is 0 Å². The molecule has 0 spiro atoms. The van der Waals surface area contributed by atoms with Gasteiger partial charge in [-0.3, -0.25) is 0 Å². The van der Waals surface area contributed by atoms with Crippen molar-refractivity contribution in [2.24, 2.45) is 5.92 Å². The molecular weight excluding hydrogens is 132 g/mol. The Kier molecular flexibility index (Phi) is 5.27. The molecule has 0 bridgehead atoms. The van der Waals surface area contributed by atoms with E-state index in [1.165, 1.54) is 18.4 Å². The maximum absolute atomic E-state index is 2.35.